The molecule has 0 atom stereocenters. The molecule has 0 spiro atoms. The molecule has 8 nitrogen and oxygen atoms in total. The zero-order valence-electron chi connectivity index (χ0n) is 25.7. The quantitative estimate of drug-likeness (QED) is 0.0787. The second kappa shape index (κ2) is 20.7. The molecule has 2 amide bonds. The van der Waals surface area contributed by atoms with Crippen LogP contribution in [0.4, 0.5) is 0 Å². The van der Waals surface area contributed by atoms with Gasteiger partial charge >= 0.3 is 0 Å². The molecule has 3 aromatic rings. The number of methoxy groups -OCH3 is 2. The Balaban J connectivity index is 1.25. The Morgan fingerprint density at radius 3 is 1.39 bits per heavy atom. The van der Waals surface area contributed by atoms with Crippen molar-refractivity contribution in [3.05, 3.63) is 101 Å². The first-order chi connectivity index (χ1) is 22.2. The molecule has 46 heavy (non-hydrogen) atoms. The molecule has 0 radical (unpaired) electrons. The molecule has 0 aliphatic carbocycles. The number of hydrogen-bond acceptors (Lipinski definition) is 6. The van der Waals surface area contributed by atoms with Crippen LogP contribution in [-0.4, -0.2) is 52.2 Å². The largest absolute Gasteiger partial charge is 0.494 e. The zero-order valence-corrected chi connectivity index (χ0v) is 32.1. The molecule has 0 saturated carbocycles. The molecular weight excluding hydrogens is 848 g/mol. The van der Waals surface area contributed by atoms with Crippen LogP contribution in [0.5, 0.6) is 11.5 Å². The standard InChI is InChI=1S/C34H38Br4N4O4/c1-45-33-27(35)17-23(18-28(33)36)8-10-31(43)41-14-4-12-39-21-25-6-3-7-26(16-25)22-40-13-5-15-42-32(44)11-9-24-19-29(37)34(46-2)30(38)20-24/h3,6-11,16-20,39-40H,4-5,12-15,21-22H2,1-2H3,(H,41,43)(H,42,44)/b10-8+,11-9+. The van der Waals surface area contributed by atoms with Crippen LogP contribution in [0.25, 0.3) is 12.2 Å². The van der Waals surface area contributed by atoms with E-state index in [0.29, 0.717) is 24.6 Å². The van der Waals surface area contributed by atoms with Crippen LogP contribution < -0.4 is 30.7 Å². The highest BCUT2D eigenvalue weighted by Crippen LogP contribution is 2.35. The lowest BCUT2D eigenvalue weighted by Gasteiger charge is -2.09. The van der Waals surface area contributed by atoms with Gasteiger partial charge in [-0.25, -0.2) is 0 Å². The smallest absolute Gasteiger partial charge is 0.243 e. The number of halogens is 4. The van der Waals surface area contributed by atoms with E-state index in [2.05, 4.69) is 109 Å². The van der Waals surface area contributed by atoms with E-state index in [9.17, 15) is 9.59 Å². The number of benzene rings is 3. The molecule has 3 aromatic carbocycles. The van der Waals surface area contributed by atoms with Gasteiger partial charge in [0.25, 0.3) is 0 Å². The molecule has 0 aliphatic heterocycles. The van der Waals surface area contributed by atoms with Gasteiger partial charge in [-0.15, -0.1) is 0 Å². The van der Waals surface area contributed by atoms with Crippen LogP contribution in [0.2, 0.25) is 0 Å². The average Bonchev–Trinajstić information content (AvgIpc) is 3.02. The van der Waals surface area contributed by atoms with E-state index in [1.807, 2.05) is 24.3 Å². The molecule has 3 rings (SSSR count). The highest BCUT2D eigenvalue weighted by molar-refractivity contribution is 9.11. The summed E-state index contributed by atoms with van der Waals surface area (Å²) in [5.41, 5.74) is 4.18. The van der Waals surface area contributed by atoms with Crippen LogP contribution in [0.15, 0.2) is 78.6 Å². The first-order valence-corrected chi connectivity index (χ1v) is 17.8. The van der Waals surface area contributed by atoms with Gasteiger partial charge in [0.1, 0.15) is 11.5 Å². The van der Waals surface area contributed by atoms with Gasteiger partial charge in [0, 0.05) is 38.3 Å². The molecular formula is C34H38Br4N4O4. The fourth-order valence-corrected chi connectivity index (χ4v) is 7.46. The molecule has 0 unspecified atom stereocenters. The first-order valence-electron chi connectivity index (χ1n) is 14.7. The maximum atomic E-state index is 12.2. The van der Waals surface area contributed by atoms with Gasteiger partial charge in [0.05, 0.1) is 32.1 Å². The third kappa shape index (κ3) is 13.3. The van der Waals surface area contributed by atoms with Crippen molar-refractivity contribution in [3.8, 4) is 11.5 Å². The van der Waals surface area contributed by atoms with E-state index < -0.39 is 0 Å². The third-order valence-corrected chi connectivity index (χ3v) is 8.97. The summed E-state index contributed by atoms with van der Waals surface area (Å²) in [6.45, 7) is 4.28. The molecule has 12 heteroatoms. The van der Waals surface area contributed by atoms with E-state index in [4.69, 9.17) is 9.47 Å². The minimum atomic E-state index is -0.130. The summed E-state index contributed by atoms with van der Waals surface area (Å²) in [7, 11) is 3.22. The van der Waals surface area contributed by atoms with Gasteiger partial charge in [-0.1, -0.05) is 24.3 Å². The molecule has 0 aromatic heterocycles. The SMILES string of the molecule is COc1c(Br)cc(/C=C/C(=O)NCCCNCc2cccc(CNCCCNC(=O)/C=C/c3cc(Br)c(OC)c(Br)c3)c2)cc1Br. The first kappa shape index (κ1) is 38.0. The van der Waals surface area contributed by atoms with Crippen molar-refractivity contribution < 1.29 is 19.1 Å². The maximum absolute atomic E-state index is 12.2. The van der Waals surface area contributed by atoms with Crippen molar-refractivity contribution >= 4 is 87.7 Å². The number of carbonyl (C=O) groups is 2. The molecule has 246 valence electrons. The predicted octanol–water partition coefficient (Wildman–Crippen LogP) is 7.37. The fourth-order valence-electron chi connectivity index (χ4n) is 4.37. The van der Waals surface area contributed by atoms with Gasteiger partial charge in [-0.3, -0.25) is 9.59 Å². The van der Waals surface area contributed by atoms with E-state index in [0.717, 1.165) is 68.0 Å². The monoisotopic (exact) mass is 882 g/mol. The summed E-state index contributed by atoms with van der Waals surface area (Å²) in [4.78, 5) is 24.4. The number of carbonyl (C=O) groups excluding carboxylic acids is 2. The Morgan fingerprint density at radius 2 is 1.02 bits per heavy atom. The van der Waals surface area contributed by atoms with Crippen LogP contribution in [-0.2, 0) is 22.7 Å². The van der Waals surface area contributed by atoms with Crippen LogP contribution >= 0.6 is 63.7 Å². The molecule has 0 heterocycles. The molecule has 4 N–H and O–H groups in total. The van der Waals surface area contributed by atoms with Gasteiger partial charge < -0.3 is 30.7 Å². The summed E-state index contributed by atoms with van der Waals surface area (Å²) in [6, 6.07) is 16.0. The second-order valence-corrected chi connectivity index (χ2v) is 13.6. The lowest BCUT2D eigenvalue weighted by Crippen LogP contribution is -2.26. The summed E-state index contributed by atoms with van der Waals surface area (Å²) >= 11 is 13.9. The Kier molecular flexibility index (Phi) is 17.1. The number of amides is 2. The number of hydrogen-bond donors (Lipinski definition) is 4. The van der Waals surface area contributed by atoms with Gasteiger partial charge in [0.15, 0.2) is 0 Å². The van der Waals surface area contributed by atoms with Crippen molar-refractivity contribution in [3.63, 3.8) is 0 Å². The topological polar surface area (TPSA) is 101 Å². The third-order valence-electron chi connectivity index (χ3n) is 6.61. The summed E-state index contributed by atoms with van der Waals surface area (Å²) in [5.74, 6) is 1.17. The van der Waals surface area contributed by atoms with Gasteiger partial charge in [-0.2, -0.15) is 0 Å². The van der Waals surface area contributed by atoms with E-state index in [1.165, 1.54) is 23.3 Å². The minimum Gasteiger partial charge on any atom is -0.494 e. The Hall–Kier alpha value is -2.48. The number of ether oxygens (including phenoxy) is 2. The Morgan fingerprint density at radius 1 is 0.630 bits per heavy atom. The normalized spacial score (nSPS) is 11.3. The van der Waals surface area contributed by atoms with Crippen LogP contribution in [0, 0.1) is 0 Å². The number of rotatable bonds is 18. The van der Waals surface area contributed by atoms with E-state index >= 15 is 0 Å². The molecule has 0 bridgehead atoms. The molecule has 0 fully saturated rings. The van der Waals surface area contributed by atoms with Crippen molar-refractivity contribution in [2.45, 2.75) is 25.9 Å². The lowest BCUT2D eigenvalue weighted by molar-refractivity contribution is -0.117. The van der Waals surface area contributed by atoms with Gasteiger partial charge in [0.2, 0.25) is 11.8 Å². The fraction of sp³-hybridized carbons (Fsp3) is 0.294. The summed E-state index contributed by atoms with van der Waals surface area (Å²) in [5, 5.41) is 12.7. The van der Waals surface area contributed by atoms with Crippen molar-refractivity contribution in [1.29, 1.82) is 0 Å². The molecule has 0 saturated heterocycles. The van der Waals surface area contributed by atoms with E-state index in [-0.39, 0.29) is 11.8 Å². The van der Waals surface area contributed by atoms with E-state index in [1.54, 1.807) is 26.4 Å². The zero-order chi connectivity index (χ0) is 33.3. The maximum Gasteiger partial charge on any atom is 0.243 e. The highest BCUT2D eigenvalue weighted by Gasteiger charge is 2.08. The Labute approximate surface area is 304 Å². The predicted molar refractivity (Wildman–Crippen MR) is 200 cm³/mol. The van der Waals surface area contributed by atoms with Crippen molar-refractivity contribution in [1.82, 2.24) is 21.3 Å². The minimum absolute atomic E-state index is 0.130. The second-order valence-electron chi connectivity index (χ2n) is 10.2. The van der Waals surface area contributed by atoms with Crippen LogP contribution in [0.1, 0.15) is 35.1 Å². The van der Waals surface area contributed by atoms with Gasteiger partial charge in [-0.05, 0) is 148 Å². The number of nitrogens with one attached hydrogen (secondary N) is 4. The molecule has 0 aliphatic rings. The highest BCUT2D eigenvalue weighted by atomic mass is 79.9. The average molecular weight is 886 g/mol. The van der Waals surface area contributed by atoms with Crippen LogP contribution in [0.3, 0.4) is 0 Å². The van der Waals surface area contributed by atoms with Crippen molar-refractivity contribution in [2.75, 3.05) is 40.4 Å². The summed E-state index contributed by atoms with van der Waals surface area (Å²) in [6.07, 6.45) is 8.25. The van der Waals surface area contributed by atoms with Crippen molar-refractivity contribution in [2.24, 2.45) is 0 Å². The lowest BCUT2D eigenvalue weighted by atomic mass is 10.1. The summed E-state index contributed by atoms with van der Waals surface area (Å²) < 4.78 is 13.9. The Bertz CT molecular complexity index is 1380.